The molecule has 0 saturated heterocycles. The van der Waals surface area contributed by atoms with Crippen LogP contribution in [-0.2, 0) is 19.1 Å². The van der Waals surface area contributed by atoms with E-state index in [4.69, 9.17) is 14.2 Å². The SMILES string of the molecule is COc1ccc(C2=C[C@@]3(C(=O)SC(=O)N(C)C)C(=CC(=O)C4=C[C@H](C)[C@@H](O)C[C@@]43C)C3=C2C2=C(C3)OCO2)c(F)c1. The fourth-order valence-electron chi connectivity index (χ4n) is 6.72. The Balaban J connectivity index is 1.69. The molecular weight excluding hydrogens is 549 g/mol. The van der Waals surface area contributed by atoms with Gasteiger partial charge in [-0.1, -0.05) is 26.0 Å². The Kier molecular flexibility index (Phi) is 6.35. The van der Waals surface area contributed by atoms with Gasteiger partial charge in [0, 0.05) is 66.4 Å². The van der Waals surface area contributed by atoms with Crippen LogP contribution >= 0.6 is 11.8 Å². The second-order valence-corrected chi connectivity index (χ2v) is 12.3. The first kappa shape index (κ1) is 27.5. The third-order valence-electron chi connectivity index (χ3n) is 8.93. The van der Waals surface area contributed by atoms with Crippen molar-refractivity contribution < 1.29 is 38.1 Å². The van der Waals surface area contributed by atoms with Gasteiger partial charge >= 0.3 is 0 Å². The first-order valence-corrected chi connectivity index (χ1v) is 14.1. The number of halogens is 1. The summed E-state index contributed by atoms with van der Waals surface area (Å²) in [6, 6.07) is 4.47. The second kappa shape index (κ2) is 9.46. The Bertz CT molecular complexity index is 1580. The fourth-order valence-corrected chi connectivity index (χ4v) is 7.61. The van der Waals surface area contributed by atoms with Crippen LogP contribution in [0, 0.1) is 22.6 Å². The highest BCUT2D eigenvalue weighted by atomic mass is 32.2. The van der Waals surface area contributed by atoms with E-state index in [1.165, 1.54) is 24.2 Å². The number of hydrogen-bond donors (Lipinski definition) is 1. The molecule has 4 aliphatic carbocycles. The Morgan fingerprint density at radius 1 is 1.22 bits per heavy atom. The molecule has 6 rings (SSSR count). The van der Waals surface area contributed by atoms with Gasteiger partial charge in [0.05, 0.1) is 18.6 Å². The van der Waals surface area contributed by atoms with Crippen molar-refractivity contribution in [2.75, 3.05) is 28.0 Å². The van der Waals surface area contributed by atoms with Crippen LogP contribution in [0.15, 0.2) is 70.2 Å². The number of aliphatic hydroxyl groups is 1. The summed E-state index contributed by atoms with van der Waals surface area (Å²) in [6.45, 7) is 3.60. The Morgan fingerprint density at radius 3 is 2.66 bits per heavy atom. The molecule has 1 aromatic carbocycles. The number of methoxy groups -OCH3 is 1. The maximum absolute atomic E-state index is 15.8. The van der Waals surface area contributed by atoms with Crippen molar-refractivity contribution in [1.29, 1.82) is 0 Å². The van der Waals surface area contributed by atoms with Crippen LogP contribution in [0.2, 0.25) is 0 Å². The molecule has 0 spiro atoms. The topological polar surface area (TPSA) is 102 Å². The number of carbonyl (C=O) groups excluding carboxylic acids is 3. The summed E-state index contributed by atoms with van der Waals surface area (Å²) in [7, 11) is 4.55. The molecule has 1 amide bonds. The molecule has 4 atom stereocenters. The number of carbonyl (C=O) groups is 3. The smallest absolute Gasteiger partial charge is 0.288 e. The Labute approximate surface area is 241 Å². The molecule has 214 valence electrons. The monoisotopic (exact) mass is 579 g/mol. The minimum atomic E-state index is -1.59. The number of nitrogens with zero attached hydrogens (tertiary/aromatic N) is 1. The third kappa shape index (κ3) is 3.80. The van der Waals surface area contributed by atoms with E-state index in [1.54, 1.807) is 45.3 Å². The average molecular weight is 580 g/mol. The zero-order valence-corrected chi connectivity index (χ0v) is 24.2. The van der Waals surface area contributed by atoms with Gasteiger partial charge < -0.3 is 24.2 Å². The molecule has 0 saturated carbocycles. The maximum atomic E-state index is 15.8. The van der Waals surface area contributed by atoms with Gasteiger partial charge in [-0.25, -0.2) is 4.39 Å². The number of benzene rings is 1. The normalized spacial score (nSPS) is 29.7. The number of allylic oxidation sites excluding steroid dienone is 6. The molecular formula is C31H30FNO7S. The predicted octanol–water partition coefficient (Wildman–Crippen LogP) is 4.92. The van der Waals surface area contributed by atoms with Crippen molar-refractivity contribution in [2.24, 2.45) is 16.7 Å². The minimum Gasteiger partial charge on any atom is -0.497 e. The van der Waals surface area contributed by atoms with E-state index >= 15 is 4.39 Å². The van der Waals surface area contributed by atoms with Crippen LogP contribution in [0.4, 0.5) is 9.18 Å². The lowest BCUT2D eigenvalue weighted by molar-refractivity contribution is -0.123. The van der Waals surface area contributed by atoms with Crippen molar-refractivity contribution >= 4 is 33.5 Å². The van der Waals surface area contributed by atoms with Gasteiger partial charge in [0.1, 0.15) is 17.3 Å². The number of rotatable bonds is 3. The van der Waals surface area contributed by atoms with Gasteiger partial charge in [0.25, 0.3) is 5.24 Å². The van der Waals surface area contributed by atoms with Crippen molar-refractivity contribution in [1.82, 2.24) is 4.90 Å². The lowest BCUT2D eigenvalue weighted by atomic mass is 9.47. The van der Waals surface area contributed by atoms with Gasteiger partial charge in [0.15, 0.2) is 11.5 Å². The molecule has 8 nitrogen and oxygen atoms in total. The number of thioether (sulfide) groups is 1. The fraction of sp³-hybridized carbons (Fsp3) is 0.387. The highest BCUT2D eigenvalue weighted by Crippen LogP contribution is 2.67. The molecule has 1 aliphatic heterocycles. The molecule has 5 aliphatic rings. The van der Waals surface area contributed by atoms with Crippen molar-refractivity contribution in [3.8, 4) is 5.75 Å². The number of aliphatic hydroxyl groups excluding tert-OH is 1. The van der Waals surface area contributed by atoms with Crippen LogP contribution in [0.3, 0.4) is 0 Å². The molecule has 1 heterocycles. The molecule has 10 heteroatoms. The first-order valence-electron chi connectivity index (χ1n) is 13.3. The van der Waals surface area contributed by atoms with Crippen LogP contribution in [0.5, 0.6) is 5.75 Å². The van der Waals surface area contributed by atoms with Crippen LogP contribution < -0.4 is 4.74 Å². The number of amides is 1. The van der Waals surface area contributed by atoms with Crippen LogP contribution in [0.25, 0.3) is 5.57 Å². The summed E-state index contributed by atoms with van der Waals surface area (Å²) in [5.41, 5.74) is -0.268. The highest BCUT2D eigenvalue weighted by Gasteiger charge is 2.64. The number of ether oxygens (including phenoxy) is 3. The van der Waals surface area contributed by atoms with Gasteiger partial charge in [-0.3, -0.25) is 14.4 Å². The molecule has 0 bridgehead atoms. The lowest BCUT2D eigenvalue weighted by Gasteiger charge is -2.55. The molecule has 0 radical (unpaired) electrons. The van der Waals surface area contributed by atoms with Gasteiger partial charge in [-0.2, -0.15) is 0 Å². The summed E-state index contributed by atoms with van der Waals surface area (Å²) in [5.74, 6) is 0.144. The van der Waals surface area contributed by atoms with E-state index in [-0.39, 0.29) is 36.9 Å². The number of ketones is 1. The van der Waals surface area contributed by atoms with E-state index in [0.29, 0.717) is 56.9 Å². The summed E-state index contributed by atoms with van der Waals surface area (Å²) in [4.78, 5) is 42.6. The minimum absolute atomic E-state index is 0.00371. The van der Waals surface area contributed by atoms with Crippen molar-refractivity contribution in [3.05, 3.63) is 81.6 Å². The van der Waals surface area contributed by atoms with Gasteiger partial charge in [-0.15, -0.1) is 0 Å². The number of fused-ring (bicyclic) bond motifs is 5. The average Bonchev–Trinajstić information content (AvgIpc) is 3.52. The van der Waals surface area contributed by atoms with E-state index in [0.717, 1.165) is 0 Å². The molecule has 1 N–H and O–H groups in total. The maximum Gasteiger partial charge on any atom is 0.288 e. The molecule has 1 aromatic rings. The molecule has 41 heavy (non-hydrogen) atoms. The second-order valence-electron chi connectivity index (χ2n) is 11.4. The van der Waals surface area contributed by atoms with E-state index in [9.17, 15) is 19.5 Å². The van der Waals surface area contributed by atoms with E-state index in [1.807, 2.05) is 6.92 Å². The summed E-state index contributed by atoms with van der Waals surface area (Å²) < 4.78 is 32.6. The predicted molar refractivity (Wildman–Crippen MR) is 150 cm³/mol. The zero-order valence-electron chi connectivity index (χ0n) is 23.4. The third-order valence-corrected chi connectivity index (χ3v) is 9.98. The van der Waals surface area contributed by atoms with Crippen LogP contribution in [0.1, 0.15) is 32.3 Å². The number of hydrogen-bond acceptors (Lipinski definition) is 8. The van der Waals surface area contributed by atoms with Crippen LogP contribution in [-0.4, -0.2) is 60.2 Å². The Hall–Kier alpha value is -3.63. The standard InChI is InChI=1S/C31H30FNO7S/c1-15-8-21-23(34)11-20-18-10-25-27(40-14-39-25)26(18)19(17-7-6-16(38-5)9-22(17)32)12-31(20,30(21,2)13-24(15)35)28(36)41-29(37)33(3)4/h6-9,11-12,15,24,35H,10,13-14H2,1-5H3/t15-,24-,30-,31-/m0/s1. The quantitative estimate of drug-likeness (QED) is 0.539. The first-order chi connectivity index (χ1) is 19.4. The van der Waals surface area contributed by atoms with Crippen molar-refractivity contribution in [2.45, 2.75) is 32.8 Å². The summed E-state index contributed by atoms with van der Waals surface area (Å²) >= 11 is 0.541. The highest BCUT2D eigenvalue weighted by molar-refractivity contribution is 8.26. The zero-order chi connectivity index (χ0) is 29.4. The van der Waals surface area contributed by atoms with E-state index < -0.39 is 33.1 Å². The lowest BCUT2D eigenvalue weighted by Crippen LogP contribution is -2.55. The molecule has 0 aromatic heterocycles. The summed E-state index contributed by atoms with van der Waals surface area (Å²) in [6.07, 6.45) is 4.34. The Morgan fingerprint density at radius 2 is 1.98 bits per heavy atom. The summed E-state index contributed by atoms with van der Waals surface area (Å²) in [5, 5.41) is 10.1. The largest absolute Gasteiger partial charge is 0.497 e. The van der Waals surface area contributed by atoms with Gasteiger partial charge in [-0.05, 0) is 41.3 Å². The van der Waals surface area contributed by atoms with Gasteiger partial charge in [0.2, 0.25) is 11.9 Å². The molecule has 0 unspecified atom stereocenters. The molecule has 0 fully saturated rings. The van der Waals surface area contributed by atoms with Crippen molar-refractivity contribution in [3.63, 3.8) is 0 Å². The van der Waals surface area contributed by atoms with E-state index in [2.05, 4.69) is 0 Å².